The zero-order chi connectivity index (χ0) is 16.4. The third kappa shape index (κ3) is 3.18. The van der Waals surface area contributed by atoms with Gasteiger partial charge in [-0.05, 0) is 24.4 Å². The predicted molar refractivity (Wildman–Crippen MR) is 84.6 cm³/mol. The molecule has 5 atom stereocenters. The summed E-state index contributed by atoms with van der Waals surface area (Å²) < 4.78 is 0. The molecule has 1 aromatic rings. The molecule has 0 unspecified atom stereocenters. The Morgan fingerprint density at radius 2 is 1.91 bits per heavy atom. The van der Waals surface area contributed by atoms with Crippen LogP contribution in [0.15, 0.2) is 24.3 Å². The number of hydrogen-bond acceptors (Lipinski definition) is 6. The second kappa shape index (κ2) is 7.05. The van der Waals surface area contributed by atoms with Gasteiger partial charge in [-0.1, -0.05) is 23.7 Å². The Hall–Kier alpha value is -1.00. The Labute approximate surface area is 137 Å². The quantitative estimate of drug-likeness (QED) is 0.367. The average molecular weight is 349 g/mol. The zero-order valence-electron chi connectivity index (χ0n) is 11.4. The fourth-order valence-corrected chi connectivity index (χ4v) is 2.85. The molecule has 2 rings (SSSR count). The molecule has 0 aliphatic carbocycles. The molecule has 0 saturated carbocycles. The number of thiocarbonyl (C=S) groups is 1. The van der Waals surface area contributed by atoms with Crippen LogP contribution in [-0.4, -0.2) is 67.8 Å². The van der Waals surface area contributed by atoms with Gasteiger partial charge in [0.2, 0.25) is 0 Å². The van der Waals surface area contributed by atoms with Crippen molar-refractivity contribution in [1.82, 2.24) is 5.32 Å². The molecule has 9 heteroatoms. The third-order valence-corrected chi connectivity index (χ3v) is 4.14. The SMILES string of the molecule is OC[C@@H](O)[C@@H](O)[C@H](O)[C@H]1NC(=S)N(c2ccccc2Cl)[C@@H]1O. The second-order valence-electron chi connectivity index (χ2n) is 4.94. The van der Waals surface area contributed by atoms with Crippen molar-refractivity contribution >= 4 is 34.6 Å². The van der Waals surface area contributed by atoms with E-state index in [-0.39, 0.29) is 5.11 Å². The van der Waals surface area contributed by atoms with Gasteiger partial charge >= 0.3 is 0 Å². The molecule has 7 nitrogen and oxygen atoms in total. The summed E-state index contributed by atoms with van der Waals surface area (Å²) in [6.45, 7) is -0.723. The van der Waals surface area contributed by atoms with Gasteiger partial charge in [0.1, 0.15) is 24.4 Å². The molecule has 1 aromatic carbocycles. The van der Waals surface area contributed by atoms with Crippen molar-refractivity contribution in [3.63, 3.8) is 0 Å². The molecule has 0 spiro atoms. The number of hydrogen-bond donors (Lipinski definition) is 6. The number of anilines is 1. The largest absolute Gasteiger partial charge is 0.394 e. The summed E-state index contributed by atoms with van der Waals surface area (Å²) >= 11 is 11.2. The molecule has 22 heavy (non-hydrogen) atoms. The number of rotatable bonds is 5. The highest BCUT2D eigenvalue weighted by atomic mass is 35.5. The summed E-state index contributed by atoms with van der Waals surface area (Å²) in [5.74, 6) is 0. The number of halogens is 1. The molecule has 6 N–H and O–H groups in total. The van der Waals surface area contributed by atoms with Crippen LogP contribution in [-0.2, 0) is 0 Å². The van der Waals surface area contributed by atoms with Gasteiger partial charge in [0.15, 0.2) is 11.3 Å². The van der Waals surface area contributed by atoms with Crippen LogP contribution >= 0.6 is 23.8 Å². The van der Waals surface area contributed by atoms with E-state index in [9.17, 15) is 20.4 Å². The minimum Gasteiger partial charge on any atom is -0.394 e. The van der Waals surface area contributed by atoms with Gasteiger partial charge in [-0.25, -0.2) is 0 Å². The lowest BCUT2D eigenvalue weighted by molar-refractivity contribution is -0.0946. The molecule has 0 bridgehead atoms. The Bertz CT molecular complexity index is 549. The van der Waals surface area contributed by atoms with Crippen LogP contribution in [0.2, 0.25) is 5.02 Å². The minimum absolute atomic E-state index is 0.121. The van der Waals surface area contributed by atoms with E-state index in [2.05, 4.69) is 5.32 Å². The molecule has 0 aromatic heterocycles. The second-order valence-corrected chi connectivity index (χ2v) is 5.74. The first-order valence-corrected chi connectivity index (χ1v) is 7.34. The summed E-state index contributed by atoms with van der Waals surface area (Å²) in [4.78, 5) is 1.31. The zero-order valence-corrected chi connectivity index (χ0v) is 12.9. The first kappa shape index (κ1) is 17.4. The van der Waals surface area contributed by atoms with Crippen LogP contribution in [0.25, 0.3) is 0 Å². The van der Waals surface area contributed by atoms with Crippen molar-refractivity contribution in [2.45, 2.75) is 30.6 Å². The maximum Gasteiger partial charge on any atom is 0.176 e. The van der Waals surface area contributed by atoms with E-state index in [1.54, 1.807) is 24.3 Å². The van der Waals surface area contributed by atoms with Crippen LogP contribution in [0.3, 0.4) is 0 Å². The average Bonchev–Trinajstić information content (AvgIpc) is 2.80. The van der Waals surface area contributed by atoms with E-state index in [4.69, 9.17) is 28.9 Å². The minimum atomic E-state index is -1.65. The third-order valence-electron chi connectivity index (χ3n) is 3.51. The topological polar surface area (TPSA) is 116 Å². The highest BCUT2D eigenvalue weighted by Crippen LogP contribution is 2.30. The first-order chi connectivity index (χ1) is 10.4. The lowest BCUT2D eigenvalue weighted by Gasteiger charge is -2.29. The van der Waals surface area contributed by atoms with Gasteiger partial charge in [-0.2, -0.15) is 0 Å². The predicted octanol–water partition coefficient (Wildman–Crippen LogP) is -1.20. The van der Waals surface area contributed by atoms with Gasteiger partial charge < -0.3 is 30.8 Å². The fourth-order valence-electron chi connectivity index (χ4n) is 2.28. The number of aliphatic hydroxyl groups excluding tert-OH is 5. The van der Waals surface area contributed by atoms with E-state index in [1.807, 2.05) is 0 Å². The summed E-state index contributed by atoms with van der Waals surface area (Å²) in [6, 6.07) is 5.65. The molecule has 1 fully saturated rings. The lowest BCUT2D eigenvalue weighted by Crippen LogP contribution is -2.53. The normalized spacial score (nSPS) is 25.7. The van der Waals surface area contributed by atoms with Crippen LogP contribution in [0.5, 0.6) is 0 Å². The molecule has 0 radical (unpaired) electrons. The number of nitrogens with one attached hydrogen (secondary N) is 1. The standard InChI is InChI=1S/C13H17ClN2O5S/c14-6-3-1-2-4-7(6)16-12(21)9(15-13(16)22)11(20)10(19)8(18)5-17/h1-4,8-12,17-21H,5H2,(H,15,22)/t8-,9-,10-,11-,12-/m1/s1. The number of nitrogens with zero attached hydrogens (tertiary/aromatic N) is 1. The Kier molecular flexibility index (Phi) is 5.56. The molecule has 0 amide bonds. The molecule has 1 heterocycles. The maximum atomic E-state index is 10.4. The van der Waals surface area contributed by atoms with Gasteiger partial charge in [0.05, 0.1) is 17.3 Å². The van der Waals surface area contributed by atoms with Crippen molar-refractivity contribution in [1.29, 1.82) is 0 Å². The van der Waals surface area contributed by atoms with Crippen molar-refractivity contribution in [3.8, 4) is 0 Å². The Morgan fingerprint density at radius 1 is 1.27 bits per heavy atom. The van der Waals surface area contributed by atoms with Crippen molar-refractivity contribution < 1.29 is 25.5 Å². The van der Waals surface area contributed by atoms with Gasteiger partial charge in [-0.3, -0.25) is 4.90 Å². The van der Waals surface area contributed by atoms with Crippen LogP contribution in [0, 0.1) is 0 Å². The number of aliphatic hydroxyl groups is 5. The highest BCUT2D eigenvalue weighted by molar-refractivity contribution is 7.80. The van der Waals surface area contributed by atoms with E-state index in [0.29, 0.717) is 10.7 Å². The van der Waals surface area contributed by atoms with Crippen LogP contribution in [0.4, 0.5) is 5.69 Å². The molecular formula is C13H17ClN2O5S. The summed E-state index contributed by atoms with van der Waals surface area (Å²) in [5, 5.41) is 51.6. The Balaban J connectivity index is 2.22. The van der Waals surface area contributed by atoms with E-state index < -0.39 is 37.2 Å². The fraction of sp³-hybridized carbons (Fsp3) is 0.462. The van der Waals surface area contributed by atoms with E-state index in [1.165, 1.54) is 4.90 Å². The van der Waals surface area contributed by atoms with Gasteiger partial charge in [0, 0.05) is 0 Å². The molecule has 1 saturated heterocycles. The van der Waals surface area contributed by atoms with Crippen molar-refractivity contribution in [3.05, 3.63) is 29.3 Å². The summed E-state index contributed by atoms with van der Waals surface area (Å²) in [6.07, 6.45) is -6.04. The number of benzene rings is 1. The van der Waals surface area contributed by atoms with Gasteiger partial charge in [-0.15, -0.1) is 0 Å². The highest BCUT2D eigenvalue weighted by Gasteiger charge is 2.44. The van der Waals surface area contributed by atoms with Crippen molar-refractivity contribution in [2.24, 2.45) is 0 Å². The van der Waals surface area contributed by atoms with E-state index in [0.717, 1.165) is 0 Å². The maximum absolute atomic E-state index is 10.4. The number of para-hydroxylation sites is 1. The Morgan fingerprint density at radius 3 is 2.50 bits per heavy atom. The summed E-state index contributed by atoms with van der Waals surface area (Å²) in [7, 11) is 0. The first-order valence-electron chi connectivity index (χ1n) is 6.56. The molecule has 1 aliphatic heterocycles. The van der Waals surface area contributed by atoms with Crippen LogP contribution in [0.1, 0.15) is 0 Å². The lowest BCUT2D eigenvalue weighted by atomic mass is 10.0. The monoisotopic (exact) mass is 348 g/mol. The van der Waals surface area contributed by atoms with E-state index >= 15 is 0 Å². The van der Waals surface area contributed by atoms with Gasteiger partial charge in [0.25, 0.3) is 0 Å². The smallest absolute Gasteiger partial charge is 0.176 e. The molecule has 1 aliphatic rings. The van der Waals surface area contributed by atoms with Crippen molar-refractivity contribution in [2.75, 3.05) is 11.5 Å². The molecular weight excluding hydrogens is 332 g/mol. The molecule has 122 valence electrons. The summed E-state index contributed by atoms with van der Waals surface area (Å²) in [5.41, 5.74) is 0.445. The van der Waals surface area contributed by atoms with Crippen LogP contribution < -0.4 is 10.2 Å².